The first-order valence-electron chi connectivity index (χ1n) is 9.67. The summed E-state index contributed by atoms with van der Waals surface area (Å²) in [4.78, 5) is 12.1. The highest BCUT2D eigenvalue weighted by Gasteiger charge is 2.20. The van der Waals surface area contributed by atoms with Gasteiger partial charge in [-0.05, 0) is 56.2 Å². The van der Waals surface area contributed by atoms with Crippen molar-refractivity contribution in [2.75, 3.05) is 5.75 Å². The molecule has 1 unspecified atom stereocenters. The molecule has 7 nitrogen and oxygen atoms in total. The van der Waals surface area contributed by atoms with Gasteiger partial charge in [-0.1, -0.05) is 23.9 Å². The minimum Gasteiger partial charge on any atom is -0.483 e. The average molecular weight is 427 g/mol. The summed E-state index contributed by atoms with van der Waals surface area (Å²) in [6.45, 7) is 10.8. The molecular formula is C22H26N4O3S. The van der Waals surface area contributed by atoms with E-state index < -0.39 is 0 Å². The number of furan rings is 1. The molecule has 1 N–H and O–H groups in total. The zero-order valence-corrected chi connectivity index (χ0v) is 18.2. The van der Waals surface area contributed by atoms with Crippen LogP contribution in [-0.2, 0) is 17.9 Å². The largest absolute Gasteiger partial charge is 0.483 e. The first-order valence-corrected chi connectivity index (χ1v) is 10.7. The third-order valence-corrected chi connectivity index (χ3v) is 5.55. The molecule has 0 aliphatic carbocycles. The number of benzene rings is 1. The number of ether oxygens (including phenoxy) is 1. The smallest absolute Gasteiger partial charge is 0.230 e. The van der Waals surface area contributed by atoms with Crippen LogP contribution in [0.2, 0.25) is 0 Å². The molecule has 0 radical (unpaired) electrons. The molecule has 3 aromatic rings. The lowest BCUT2D eigenvalue weighted by atomic mass is 10.1. The minimum absolute atomic E-state index is 0.106. The Morgan fingerprint density at radius 1 is 1.33 bits per heavy atom. The number of amides is 1. The van der Waals surface area contributed by atoms with E-state index in [9.17, 15) is 4.79 Å². The van der Waals surface area contributed by atoms with Crippen LogP contribution in [0.3, 0.4) is 0 Å². The number of aryl methyl sites for hydroxylation is 2. The lowest BCUT2D eigenvalue weighted by Crippen LogP contribution is -2.24. The van der Waals surface area contributed by atoms with Gasteiger partial charge in [-0.25, -0.2) is 0 Å². The van der Waals surface area contributed by atoms with Gasteiger partial charge in [-0.15, -0.1) is 16.8 Å². The van der Waals surface area contributed by atoms with Gasteiger partial charge in [0.15, 0.2) is 17.1 Å². The van der Waals surface area contributed by atoms with Gasteiger partial charge >= 0.3 is 0 Å². The summed E-state index contributed by atoms with van der Waals surface area (Å²) in [5.74, 6) is 2.30. The number of hydrogen-bond donors (Lipinski definition) is 1. The number of carbonyl (C=O) groups excluding carboxylic acids is 1. The summed E-state index contributed by atoms with van der Waals surface area (Å²) in [7, 11) is 0. The SMILES string of the molecule is C=CCn1c(SCC(=O)NCc2ccco2)nnc1C(C)Oc1ccc(C)c(C)c1. The predicted molar refractivity (Wildman–Crippen MR) is 116 cm³/mol. The van der Waals surface area contributed by atoms with Gasteiger partial charge in [-0.2, -0.15) is 0 Å². The molecule has 2 heterocycles. The molecule has 0 aliphatic rings. The van der Waals surface area contributed by atoms with Gasteiger partial charge in [0.1, 0.15) is 11.5 Å². The Morgan fingerprint density at radius 3 is 2.87 bits per heavy atom. The third-order valence-electron chi connectivity index (χ3n) is 4.58. The summed E-state index contributed by atoms with van der Waals surface area (Å²) in [6.07, 6.45) is 3.05. The van der Waals surface area contributed by atoms with Crippen molar-refractivity contribution >= 4 is 17.7 Å². The lowest BCUT2D eigenvalue weighted by Gasteiger charge is -2.16. The number of aromatic nitrogens is 3. The van der Waals surface area contributed by atoms with E-state index in [1.807, 2.05) is 35.8 Å². The Balaban J connectivity index is 1.63. The molecule has 8 heteroatoms. The van der Waals surface area contributed by atoms with Crippen LogP contribution in [0.4, 0.5) is 0 Å². The molecule has 1 atom stereocenters. The normalized spacial score (nSPS) is 11.8. The van der Waals surface area contributed by atoms with Gasteiger partial charge < -0.3 is 14.5 Å². The standard InChI is InChI=1S/C22H26N4O3S/c1-5-10-26-21(17(4)29-18-9-8-15(2)16(3)12-18)24-25-22(26)30-14-20(27)23-13-19-7-6-11-28-19/h5-9,11-12,17H,1,10,13-14H2,2-4H3,(H,23,27). The van der Waals surface area contributed by atoms with Crippen molar-refractivity contribution in [2.45, 2.75) is 45.1 Å². The van der Waals surface area contributed by atoms with Gasteiger partial charge in [0.2, 0.25) is 5.91 Å². The van der Waals surface area contributed by atoms with Crippen molar-refractivity contribution in [1.82, 2.24) is 20.1 Å². The average Bonchev–Trinajstić information content (AvgIpc) is 3.38. The first kappa shape index (κ1) is 21.7. The zero-order valence-electron chi connectivity index (χ0n) is 17.4. The quantitative estimate of drug-likeness (QED) is 0.386. The molecular weight excluding hydrogens is 400 g/mol. The number of nitrogens with zero attached hydrogens (tertiary/aromatic N) is 3. The van der Waals surface area contributed by atoms with E-state index in [4.69, 9.17) is 9.15 Å². The van der Waals surface area contributed by atoms with Crippen LogP contribution in [0.1, 0.15) is 35.7 Å². The highest BCUT2D eigenvalue weighted by Crippen LogP contribution is 2.26. The molecule has 2 aromatic heterocycles. The summed E-state index contributed by atoms with van der Waals surface area (Å²) in [5.41, 5.74) is 2.39. The van der Waals surface area contributed by atoms with E-state index >= 15 is 0 Å². The second kappa shape index (κ2) is 10.2. The Bertz CT molecular complexity index is 998. The maximum absolute atomic E-state index is 12.1. The number of allylic oxidation sites excluding steroid dienone is 1. The second-order valence-electron chi connectivity index (χ2n) is 6.89. The molecule has 1 aromatic carbocycles. The molecule has 3 rings (SSSR count). The third kappa shape index (κ3) is 5.54. The van der Waals surface area contributed by atoms with Crippen molar-refractivity contribution < 1.29 is 13.9 Å². The topological polar surface area (TPSA) is 82.2 Å². The van der Waals surface area contributed by atoms with E-state index in [2.05, 4.69) is 35.9 Å². The molecule has 30 heavy (non-hydrogen) atoms. The van der Waals surface area contributed by atoms with Gasteiger partial charge in [-0.3, -0.25) is 9.36 Å². The van der Waals surface area contributed by atoms with E-state index in [0.717, 1.165) is 5.75 Å². The maximum Gasteiger partial charge on any atom is 0.230 e. The second-order valence-corrected chi connectivity index (χ2v) is 7.83. The Kier molecular flexibility index (Phi) is 7.35. The molecule has 0 spiro atoms. The van der Waals surface area contributed by atoms with Crippen molar-refractivity contribution in [3.63, 3.8) is 0 Å². The van der Waals surface area contributed by atoms with E-state index in [1.54, 1.807) is 18.4 Å². The van der Waals surface area contributed by atoms with Crippen molar-refractivity contribution in [3.8, 4) is 5.75 Å². The van der Waals surface area contributed by atoms with Crippen LogP contribution in [0.25, 0.3) is 0 Å². The fourth-order valence-electron chi connectivity index (χ4n) is 2.83. The number of nitrogens with one attached hydrogen (secondary N) is 1. The highest BCUT2D eigenvalue weighted by molar-refractivity contribution is 7.99. The van der Waals surface area contributed by atoms with Crippen LogP contribution >= 0.6 is 11.8 Å². The lowest BCUT2D eigenvalue weighted by molar-refractivity contribution is -0.118. The fourth-order valence-corrected chi connectivity index (χ4v) is 3.62. The molecule has 0 saturated heterocycles. The van der Waals surface area contributed by atoms with Gasteiger partial charge in [0, 0.05) is 6.54 Å². The van der Waals surface area contributed by atoms with E-state index in [0.29, 0.717) is 29.8 Å². The van der Waals surface area contributed by atoms with Crippen LogP contribution < -0.4 is 10.1 Å². The molecule has 1 amide bonds. The predicted octanol–water partition coefficient (Wildman–Crippen LogP) is 4.22. The summed E-state index contributed by atoms with van der Waals surface area (Å²) >= 11 is 1.32. The van der Waals surface area contributed by atoms with Crippen molar-refractivity contribution in [1.29, 1.82) is 0 Å². The molecule has 0 aliphatic heterocycles. The fraction of sp³-hybridized carbons (Fsp3) is 0.318. The van der Waals surface area contributed by atoms with Crippen LogP contribution in [0.15, 0.2) is 58.8 Å². The monoisotopic (exact) mass is 426 g/mol. The Hall–Kier alpha value is -3.00. The number of rotatable bonds is 10. The minimum atomic E-state index is -0.304. The summed E-state index contributed by atoms with van der Waals surface area (Å²) in [5, 5.41) is 12.0. The van der Waals surface area contributed by atoms with Gasteiger partial charge in [0.05, 0.1) is 18.6 Å². The van der Waals surface area contributed by atoms with E-state index in [-0.39, 0.29) is 17.8 Å². The molecule has 0 fully saturated rings. The van der Waals surface area contributed by atoms with Gasteiger partial charge in [0.25, 0.3) is 0 Å². The summed E-state index contributed by atoms with van der Waals surface area (Å²) in [6, 6.07) is 9.60. The number of hydrogen-bond acceptors (Lipinski definition) is 6. The number of thioether (sulfide) groups is 1. The Labute approximate surface area is 180 Å². The summed E-state index contributed by atoms with van der Waals surface area (Å²) < 4.78 is 13.2. The molecule has 158 valence electrons. The van der Waals surface area contributed by atoms with E-state index in [1.165, 1.54) is 22.9 Å². The Morgan fingerprint density at radius 2 is 2.17 bits per heavy atom. The van der Waals surface area contributed by atoms with Crippen LogP contribution in [-0.4, -0.2) is 26.4 Å². The molecule has 0 saturated carbocycles. The van der Waals surface area contributed by atoms with Crippen LogP contribution in [0, 0.1) is 13.8 Å². The maximum atomic E-state index is 12.1. The van der Waals surface area contributed by atoms with Crippen molar-refractivity contribution in [2.24, 2.45) is 0 Å². The highest BCUT2D eigenvalue weighted by atomic mass is 32.2. The van der Waals surface area contributed by atoms with Crippen LogP contribution in [0.5, 0.6) is 5.75 Å². The first-order chi connectivity index (χ1) is 14.5. The van der Waals surface area contributed by atoms with Crippen molar-refractivity contribution in [3.05, 3.63) is 72.0 Å². The number of carbonyl (C=O) groups is 1. The molecule has 0 bridgehead atoms. The zero-order chi connectivity index (χ0) is 21.5.